The summed E-state index contributed by atoms with van der Waals surface area (Å²) in [6, 6.07) is 16.4. The standard InChI is InChI=1S/C26H21NO7/c1-15(33-25(28)10-8-16-7-9-21-24(11-16)32-14-31-21)26(29)27-19-13-22-18(12-23(19)30-2)17-5-3-4-6-20(17)34-22/h3-13,15H,14H2,1-2H3,(H,27,29). The van der Waals surface area contributed by atoms with Crippen molar-refractivity contribution in [2.75, 3.05) is 19.2 Å². The van der Waals surface area contributed by atoms with Crippen molar-refractivity contribution in [1.29, 1.82) is 0 Å². The monoisotopic (exact) mass is 459 g/mol. The molecule has 1 aromatic heterocycles. The highest BCUT2D eigenvalue weighted by Crippen LogP contribution is 2.36. The fraction of sp³-hybridized carbons (Fsp3) is 0.154. The lowest BCUT2D eigenvalue weighted by atomic mass is 10.1. The molecule has 8 heteroatoms. The second kappa shape index (κ2) is 8.82. The van der Waals surface area contributed by atoms with Crippen molar-refractivity contribution in [2.24, 2.45) is 0 Å². The molecule has 1 unspecified atom stereocenters. The molecule has 0 fully saturated rings. The van der Waals surface area contributed by atoms with Crippen molar-refractivity contribution in [2.45, 2.75) is 13.0 Å². The summed E-state index contributed by atoms with van der Waals surface area (Å²) in [7, 11) is 1.52. The number of rotatable bonds is 6. The van der Waals surface area contributed by atoms with Gasteiger partial charge in [-0.25, -0.2) is 4.79 Å². The van der Waals surface area contributed by atoms with Gasteiger partial charge in [-0.05, 0) is 42.8 Å². The van der Waals surface area contributed by atoms with Crippen LogP contribution in [0.3, 0.4) is 0 Å². The molecule has 1 aliphatic rings. The minimum atomic E-state index is -1.04. The van der Waals surface area contributed by atoms with Gasteiger partial charge in [0.1, 0.15) is 16.9 Å². The van der Waals surface area contributed by atoms with Crippen LogP contribution in [0.15, 0.2) is 65.1 Å². The Morgan fingerprint density at radius 1 is 1.00 bits per heavy atom. The van der Waals surface area contributed by atoms with Crippen molar-refractivity contribution in [3.63, 3.8) is 0 Å². The minimum absolute atomic E-state index is 0.172. The summed E-state index contributed by atoms with van der Waals surface area (Å²) >= 11 is 0. The number of hydrogen-bond donors (Lipinski definition) is 1. The first-order valence-corrected chi connectivity index (χ1v) is 10.6. The molecule has 2 heterocycles. The smallest absolute Gasteiger partial charge is 0.331 e. The summed E-state index contributed by atoms with van der Waals surface area (Å²) < 4.78 is 27.2. The number of benzene rings is 3. The third-order valence-corrected chi connectivity index (χ3v) is 5.43. The number of furan rings is 1. The maximum Gasteiger partial charge on any atom is 0.331 e. The Labute approximate surface area is 194 Å². The molecule has 34 heavy (non-hydrogen) atoms. The maximum absolute atomic E-state index is 12.7. The number of amides is 1. The molecule has 1 atom stereocenters. The Balaban J connectivity index is 1.27. The van der Waals surface area contributed by atoms with Gasteiger partial charge in [-0.2, -0.15) is 0 Å². The molecule has 3 aromatic carbocycles. The number of esters is 1. The van der Waals surface area contributed by atoms with E-state index in [4.69, 9.17) is 23.4 Å². The quantitative estimate of drug-likeness (QED) is 0.323. The normalized spacial score (nSPS) is 13.4. The number of anilines is 1. The molecule has 1 aliphatic heterocycles. The summed E-state index contributed by atoms with van der Waals surface area (Å²) in [6.07, 6.45) is 1.79. The van der Waals surface area contributed by atoms with E-state index in [0.29, 0.717) is 28.5 Å². The van der Waals surface area contributed by atoms with Crippen LogP contribution in [0.1, 0.15) is 12.5 Å². The first-order valence-electron chi connectivity index (χ1n) is 10.6. The predicted molar refractivity (Wildman–Crippen MR) is 126 cm³/mol. The van der Waals surface area contributed by atoms with Crippen LogP contribution in [0, 0.1) is 0 Å². The van der Waals surface area contributed by atoms with E-state index in [1.165, 1.54) is 20.1 Å². The van der Waals surface area contributed by atoms with Crippen LogP contribution in [0.5, 0.6) is 17.2 Å². The van der Waals surface area contributed by atoms with Gasteiger partial charge in [0.25, 0.3) is 5.91 Å². The van der Waals surface area contributed by atoms with E-state index in [2.05, 4.69) is 5.32 Å². The fourth-order valence-corrected chi connectivity index (χ4v) is 3.70. The van der Waals surface area contributed by atoms with Crippen LogP contribution in [0.2, 0.25) is 0 Å². The van der Waals surface area contributed by atoms with Gasteiger partial charge < -0.3 is 28.7 Å². The highest BCUT2D eigenvalue weighted by atomic mass is 16.7. The summed E-state index contributed by atoms with van der Waals surface area (Å²) in [6.45, 7) is 1.67. The number of fused-ring (bicyclic) bond motifs is 4. The van der Waals surface area contributed by atoms with Crippen LogP contribution in [-0.2, 0) is 14.3 Å². The lowest BCUT2D eigenvalue weighted by Gasteiger charge is -2.14. The van der Waals surface area contributed by atoms with Gasteiger partial charge in [0, 0.05) is 22.9 Å². The minimum Gasteiger partial charge on any atom is -0.495 e. The van der Waals surface area contributed by atoms with Gasteiger partial charge in [-0.1, -0.05) is 24.3 Å². The molecule has 0 bridgehead atoms. The van der Waals surface area contributed by atoms with Crippen LogP contribution >= 0.6 is 0 Å². The molecule has 5 rings (SSSR count). The van der Waals surface area contributed by atoms with E-state index in [0.717, 1.165) is 21.9 Å². The number of methoxy groups -OCH3 is 1. The molecule has 0 radical (unpaired) electrons. The second-order valence-corrected chi connectivity index (χ2v) is 7.66. The Hall–Kier alpha value is -4.46. The van der Waals surface area contributed by atoms with Crippen LogP contribution in [-0.4, -0.2) is 31.9 Å². The van der Waals surface area contributed by atoms with Gasteiger partial charge in [0.05, 0.1) is 12.8 Å². The average molecular weight is 459 g/mol. The first-order chi connectivity index (χ1) is 16.5. The van der Waals surface area contributed by atoms with Gasteiger partial charge in [-0.15, -0.1) is 0 Å². The van der Waals surface area contributed by atoms with Gasteiger partial charge in [0.2, 0.25) is 6.79 Å². The van der Waals surface area contributed by atoms with Crippen molar-refractivity contribution in [3.05, 3.63) is 66.2 Å². The Morgan fingerprint density at radius 2 is 1.82 bits per heavy atom. The number of carbonyl (C=O) groups is 2. The molecule has 0 spiro atoms. The number of carbonyl (C=O) groups excluding carboxylic acids is 2. The zero-order valence-corrected chi connectivity index (χ0v) is 18.5. The van der Waals surface area contributed by atoms with E-state index in [-0.39, 0.29) is 6.79 Å². The van der Waals surface area contributed by atoms with Gasteiger partial charge in [-0.3, -0.25) is 4.79 Å². The highest BCUT2D eigenvalue weighted by molar-refractivity contribution is 6.08. The van der Waals surface area contributed by atoms with Gasteiger partial charge in [0.15, 0.2) is 17.6 Å². The lowest BCUT2D eigenvalue weighted by molar-refractivity contribution is -0.148. The van der Waals surface area contributed by atoms with Crippen LogP contribution < -0.4 is 19.5 Å². The van der Waals surface area contributed by atoms with Crippen molar-refractivity contribution in [1.82, 2.24) is 0 Å². The molecular weight excluding hydrogens is 438 g/mol. The van der Waals surface area contributed by atoms with E-state index in [9.17, 15) is 9.59 Å². The van der Waals surface area contributed by atoms with Crippen molar-refractivity contribution >= 4 is 45.6 Å². The number of para-hydroxylation sites is 1. The average Bonchev–Trinajstić information content (AvgIpc) is 3.45. The van der Waals surface area contributed by atoms with E-state index < -0.39 is 18.0 Å². The third kappa shape index (κ3) is 4.13. The van der Waals surface area contributed by atoms with E-state index >= 15 is 0 Å². The molecule has 1 amide bonds. The SMILES string of the molecule is COc1cc2c(cc1NC(=O)C(C)OC(=O)C=Cc1ccc3c(c1)OCO3)oc1ccccc12. The molecule has 0 saturated heterocycles. The molecule has 172 valence electrons. The maximum atomic E-state index is 12.7. The molecule has 4 aromatic rings. The second-order valence-electron chi connectivity index (χ2n) is 7.66. The summed E-state index contributed by atoms with van der Waals surface area (Å²) in [4.78, 5) is 24.9. The summed E-state index contributed by atoms with van der Waals surface area (Å²) in [5.41, 5.74) is 2.49. The summed E-state index contributed by atoms with van der Waals surface area (Å²) in [5, 5.41) is 4.57. The zero-order chi connectivity index (χ0) is 23.7. The van der Waals surface area contributed by atoms with Gasteiger partial charge >= 0.3 is 5.97 Å². The lowest BCUT2D eigenvalue weighted by Crippen LogP contribution is -2.29. The molecule has 0 saturated carbocycles. The Kier molecular flexibility index (Phi) is 5.55. The predicted octanol–water partition coefficient (Wildman–Crippen LogP) is 4.91. The zero-order valence-electron chi connectivity index (χ0n) is 18.5. The number of hydrogen-bond acceptors (Lipinski definition) is 7. The molecule has 0 aliphatic carbocycles. The molecular formula is C26H21NO7. The Bertz CT molecular complexity index is 1440. The van der Waals surface area contributed by atoms with Crippen LogP contribution in [0.25, 0.3) is 28.0 Å². The molecule has 1 N–H and O–H groups in total. The largest absolute Gasteiger partial charge is 0.495 e. The van der Waals surface area contributed by atoms with Crippen molar-refractivity contribution in [3.8, 4) is 17.2 Å². The van der Waals surface area contributed by atoms with Crippen LogP contribution in [0.4, 0.5) is 5.69 Å². The van der Waals surface area contributed by atoms with E-state index in [1.807, 2.05) is 30.3 Å². The first kappa shape index (κ1) is 21.4. The third-order valence-electron chi connectivity index (χ3n) is 5.43. The number of ether oxygens (including phenoxy) is 4. The fourth-order valence-electron chi connectivity index (χ4n) is 3.70. The Morgan fingerprint density at radius 3 is 2.68 bits per heavy atom. The summed E-state index contributed by atoms with van der Waals surface area (Å²) in [5.74, 6) is 0.576. The molecule has 8 nitrogen and oxygen atoms in total. The van der Waals surface area contributed by atoms with E-state index in [1.54, 1.807) is 30.3 Å². The number of nitrogens with one attached hydrogen (secondary N) is 1. The van der Waals surface area contributed by atoms with Crippen molar-refractivity contribution < 1.29 is 33.0 Å². The topological polar surface area (TPSA) is 96.2 Å². The highest BCUT2D eigenvalue weighted by Gasteiger charge is 2.20.